The Bertz CT molecular complexity index is 361. The maximum atomic E-state index is 12.2. The molecule has 5 nitrogen and oxygen atoms in total. The number of carboxylic acid groups (broad SMARTS) is 1. The predicted octanol–water partition coefficient (Wildman–Crippen LogP) is 2.71. The van der Waals surface area contributed by atoms with Crippen LogP contribution >= 0.6 is 0 Å². The van der Waals surface area contributed by atoms with Crippen molar-refractivity contribution in [2.75, 3.05) is 19.6 Å². The highest BCUT2D eigenvalue weighted by Gasteiger charge is 2.27. The normalized spacial score (nSPS) is 26.0. The van der Waals surface area contributed by atoms with Gasteiger partial charge in [0.25, 0.3) is 0 Å². The maximum absolute atomic E-state index is 12.2. The molecule has 2 aliphatic rings. The molecule has 21 heavy (non-hydrogen) atoms. The van der Waals surface area contributed by atoms with Gasteiger partial charge in [0, 0.05) is 19.6 Å². The Morgan fingerprint density at radius 3 is 2.24 bits per heavy atom. The lowest BCUT2D eigenvalue weighted by Gasteiger charge is -2.32. The first-order valence-electron chi connectivity index (χ1n) is 8.35. The summed E-state index contributed by atoms with van der Waals surface area (Å²) in [5.74, 6) is 0.284. The van der Waals surface area contributed by atoms with Crippen LogP contribution in [0.4, 0.5) is 4.79 Å². The molecule has 0 aromatic carbocycles. The molecule has 0 saturated heterocycles. The molecule has 0 aromatic rings. The average molecular weight is 296 g/mol. The molecule has 2 aliphatic carbocycles. The van der Waals surface area contributed by atoms with E-state index in [0.717, 1.165) is 38.8 Å². The lowest BCUT2D eigenvalue weighted by atomic mass is 9.82. The van der Waals surface area contributed by atoms with Crippen LogP contribution in [0.15, 0.2) is 0 Å². The lowest BCUT2D eigenvalue weighted by molar-refractivity contribution is -0.143. The number of hydrogen-bond acceptors (Lipinski definition) is 2. The topological polar surface area (TPSA) is 69.6 Å². The summed E-state index contributed by atoms with van der Waals surface area (Å²) < 4.78 is 0. The SMILES string of the molecule is CCN(CC1CCC1)C(=O)NCC1CCC(C(=O)O)CC1. The van der Waals surface area contributed by atoms with Crippen LogP contribution in [0.3, 0.4) is 0 Å². The number of carbonyl (C=O) groups is 2. The van der Waals surface area contributed by atoms with E-state index in [-0.39, 0.29) is 11.9 Å². The van der Waals surface area contributed by atoms with Crippen molar-refractivity contribution in [1.29, 1.82) is 0 Å². The fourth-order valence-electron chi connectivity index (χ4n) is 3.30. The van der Waals surface area contributed by atoms with Crippen LogP contribution in [0.5, 0.6) is 0 Å². The van der Waals surface area contributed by atoms with Gasteiger partial charge < -0.3 is 15.3 Å². The Kier molecular flexibility index (Phi) is 5.88. The number of rotatable bonds is 6. The van der Waals surface area contributed by atoms with Gasteiger partial charge in [0.2, 0.25) is 0 Å². The summed E-state index contributed by atoms with van der Waals surface area (Å²) in [7, 11) is 0. The second-order valence-electron chi connectivity index (χ2n) is 6.58. The van der Waals surface area contributed by atoms with Gasteiger partial charge in [-0.15, -0.1) is 0 Å². The molecule has 5 heteroatoms. The molecule has 0 spiro atoms. The number of aliphatic carboxylic acids is 1. The van der Waals surface area contributed by atoms with Crippen molar-refractivity contribution in [2.45, 2.75) is 51.9 Å². The lowest BCUT2D eigenvalue weighted by Crippen LogP contribution is -2.45. The van der Waals surface area contributed by atoms with Gasteiger partial charge in [-0.05, 0) is 57.3 Å². The van der Waals surface area contributed by atoms with E-state index in [1.165, 1.54) is 19.3 Å². The van der Waals surface area contributed by atoms with Gasteiger partial charge in [0.15, 0.2) is 0 Å². The fraction of sp³-hybridized carbons (Fsp3) is 0.875. The van der Waals surface area contributed by atoms with Crippen LogP contribution < -0.4 is 5.32 Å². The molecule has 0 aromatic heterocycles. The number of hydrogen-bond donors (Lipinski definition) is 2. The molecule has 0 unspecified atom stereocenters. The van der Waals surface area contributed by atoms with Crippen LogP contribution in [0.25, 0.3) is 0 Å². The van der Waals surface area contributed by atoms with Crippen molar-refractivity contribution < 1.29 is 14.7 Å². The van der Waals surface area contributed by atoms with E-state index in [1.54, 1.807) is 0 Å². The van der Waals surface area contributed by atoms with Crippen LogP contribution in [0.2, 0.25) is 0 Å². The van der Waals surface area contributed by atoms with Gasteiger partial charge in [0.05, 0.1) is 5.92 Å². The zero-order valence-corrected chi connectivity index (χ0v) is 13.0. The number of amides is 2. The van der Waals surface area contributed by atoms with Crippen molar-refractivity contribution in [2.24, 2.45) is 17.8 Å². The molecule has 2 amide bonds. The summed E-state index contributed by atoms with van der Waals surface area (Å²) in [5.41, 5.74) is 0. The molecule has 0 radical (unpaired) electrons. The molecule has 0 atom stereocenters. The highest BCUT2D eigenvalue weighted by atomic mass is 16.4. The molecule has 2 rings (SSSR count). The van der Waals surface area contributed by atoms with Gasteiger partial charge in [-0.1, -0.05) is 6.42 Å². The molecule has 0 aliphatic heterocycles. The van der Waals surface area contributed by atoms with Gasteiger partial charge in [-0.2, -0.15) is 0 Å². The molecular formula is C16H28N2O3. The summed E-state index contributed by atoms with van der Waals surface area (Å²) in [6, 6.07) is 0.0461. The molecule has 0 bridgehead atoms. The standard InChI is InChI=1S/C16H28N2O3/c1-2-18(11-13-4-3-5-13)16(21)17-10-12-6-8-14(9-7-12)15(19)20/h12-14H,2-11H2,1H3,(H,17,21)(H,19,20). The summed E-state index contributed by atoms with van der Waals surface area (Å²) in [6.45, 7) is 4.35. The van der Waals surface area contributed by atoms with E-state index < -0.39 is 5.97 Å². The fourth-order valence-corrected chi connectivity index (χ4v) is 3.30. The van der Waals surface area contributed by atoms with Crippen LogP contribution in [-0.2, 0) is 4.79 Å². The van der Waals surface area contributed by atoms with Gasteiger partial charge in [0.1, 0.15) is 0 Å². The van der Waals surface area contributed by atoms with Crippen molar-refractivity contribution in [3.8, 4) is 0 Å². The minimum atomic E-state index is -0.671. The first-order chi connectivity index (χ1) is 10.1. The summed E-state index contributed by atoms with van der Waals surface area (Å²) >= 11 is 0. The second-order valence-corrected chi connectivity index (χ2v) is 6.58. The minimum Gasteiger partial charge on any atom is -0.481 e. The summed E-state index contributed by atoms with van der Waals surface area (Å²) in [6.07, 6.45) is 7.12. The van der Waals surface area contributed by atoms with E-state index >= 15 is 0 Å². The average Bonchev–Trinajstić information content (AvgIpc) is 2.44. The van der Waals surface area contributed by atoms with Crippen LogP contribution in [0, 0.1) is 17.8 Å². The van der Waals surface area contributed by atoms with Gasteiger partial charge in [-0.3, -0.25) is 4.79 Å². The van der Waals surface area contributed by atoms with Crippen molar-refractivity contribution in [1.82, 2.24) is 10.2 Å². The monoisotopic (exact) mass is 296 g/mol. The van der Waals surface area contributed by atoms with Crippen molar-refractivity contribution in [3.05, 3.63) is 0 Å². The first-order valence-corrected chi connectivity index (χ1v) is 8.35. The Hall–Kier alpha value is -1.26. The third-order valence-electron chi connectivity index (χ3n) is 5.11. The molecular weight excluding hydrogens is 268 g/mol. The number of urea groups is 1. The van der Waals surface area contributed by atoms with Crippen LogP contribution in [-0.4, -0.2) is 41.6 Å². The van der Waals surface area contributed by atoms with Crippen molar-refractivity contribution >= 4 is 12.0 Å². The maximum Gasteiger partial charge on any atom is 0.317 e. The van der Waals surface area contributed by atoms with Crippen LogP contribution in [0.1, 0.15) is 51.9 Å². The third-order valence-corrected chi connectivity index (χ3v) is 5.11. The van der Waals surface area contributed by atoms with Gasteiger partial charge >= 0.3 is 12.0 Å². The quantitative estimate of drug-likeness (QED) is 0.791. The molecule has 2 saturated carbocycles. The van der Waals surface area contributed by atoms with E-state index in [0.29, 0.717) is 18.4 Å². The molecule has 0 heterocycles. The highest BCUT2D eigenvalue weighted by molar-refractivity contribution is 5.74. The second kappa shape index (κ2) is 7.66. The first kappa shape index (κ1) is 16.1. The van der Waals surface area contributed by atoms with E-state index in [1.807, 2.05) is 11.8 Å². The number of carbonyl (C=O) groups excluding carboxylic acids is 1. The minimum absolute atomic E-state index is 0.0461. The Morgan fingerprint density at radius 1 is 1.10 bits per heavy atom. The third kappa shape index (κ3) is 4.61. The predicted molar refractivity (Wildman–Crippen MR) is 81.1 cm³/mol. The molecule has 120 valence electrons. The Labute approximate surface area is 127 Å². The van der Waals surface area contributed by atoms with Crippen molar-refractivity contribution in [3.63, 3.8) is 0 Å². The summed E-state index contributed by atoms with van der Waals surface area (Å²) in [4.78, 5) is 25.0. The van der Waals surface area contributed by atoms with E-state index in [4.69, 9.17) is 5.11 Å². The van der Waals surface area contributed by atoms with E-state index in [2.05, 4.69) is 5.32 Å². The smallest absolute Gasteiger partial charge is 0.317 e. The number of nitrogens with one attached hydrogen (secondary N) is 1. The largest absolute Gasteiger partial charge is 0.481 e. The zero-order valence-electron chi connectivity index (χ0n) is 13.0. The van der Waals surface area contributed by atoms with Gasteiger partial charge in [-0.25, -0.2) is 4.79 Å². The Balaban J connectivity index is 1.67. The Morgan fingerprint density at radius 2 is 1.76 bits per heavy atom. The molecule has 2 fully saturated rings. The number of carboxylic acids is 1. The number of nitrogens with zero attached hydrogens (tertiary/aromatic N) is 1. The molecule has 2 N–H and O–H groups in total. The highest BCUT2D eigenvalue weighted by Crippen LogP contribution is 2.29. The summed E-state index contributed by atoms with van der Waals surface area (Å²) in [5, 5.41) is 12.0. The van der Waals surface area contributed by atoms with E-state index in [9.17, 15) is 9.59 Å². The zero-order chi connectivity index (χ0) is 15.2.